The van der Waals surface area contributed by atoms with E-state index < -0.39 is 0 Å². The molecule has 4 rings (SSSR count). The topological polar surface area (TPSA) is 3.24 Å². The number of fused-ring (bicyclic) bond motifs is 3. The SMILES string of the molecule is C1=C[C]2C(C=C1)C1C=CC=C[C]1N2c1ccccc1. The average Bonchev–Trinajstić information content (AvgIpc) is 2.83. The van der Waals surface area contributed by atoms with E-state index in [-0.39, 0.29) is 0 Å². The first-order chi connectivity index (χ1) is 9.45. The molecular weight excluding hydrogens is 230 g/mol. The van der Waals surface area contributed by atoms with Gasteiger partial charge in [-0.3, -0.25) is 0 Å². The zero-order valence-electron chi connectivity index (χ0n) is 10.6. The van der Waals surface area contributed by atoms with E-state index in [0.29, 0.717) is 11.8 Å². The molecule has 1 aromatic rings. The molecule has 0 saturated carbocycles. The Kier molecular flexibility index (Phi) is 2.44. The van der Waals surface area contributed by atoms with Crippen molar-refractivity contribution in [3.05, 3.63) is 91.0 Å². The predicted molar refractivity (Wildman–Crippen MR) is 78.9 cm³/mol. The van der Waals surface area contributed by atoms with Gasteiger partial charge in [-0.2, -0.15) is 0 Å². The maximum absolute atomic E-state index is 2.40. The van der Waals surface area contributed by atoms with E-state index in [1.54, 1.807) is 0 Å². The fourth-order valence-electron chi connectivity index (χ4n) is 3.17. The number of allylic oxidation sites excluding steroid dienone is 4. The molecule has 2 aliphatic carbocycles. The number of hydrogen-bond acceptors (Lipinski definition) is 1. The predicted octanol–water partition coefficient (Wildman–Crippen LogP) is 4.05. The van der Waals surface area contributed by atoms with Crippen LogP contribution < -0.4 is 4.90 Å². The molecule has 92 valence electrons. The summed E-state index contributed by atoms with van der Waals surface area (Å²) >= 11 is 0. The zero-order chi connectivity index (χ0) is 12.7. The molecule has 1 heteroatoms. The van der Waals surface area contributed by atoms with Gasteiger partial charge in [0.15, 0.2) is 0 Å². The molecule has 0 spiro atoms. The van der Waals surface area contributed by atoms with Gasteiger partial charge in [-0.25, -0.2) is 0 Å². The highest BCUT2D eigenvalue weighted by Gasteiger charge is 2.46. The molecule has 1 fully saturated rings. The van der Waals surface area contributed by atoms with E-state index in [4.69, 9.17) is 0 Å². The van der Waals surface area contributed by atoms with Crippen LogP contribution >= 0.6 is 0 Å². The van der Waals surface area contributed by atoms with Gasteiger partial charge in [0.05, 0.1) is 12.1 Å². The van der Waals surface area contributed by atoms with Crippen LogP contribution in [0.5, 0.6) is 0 Å². The number of para-hydroxylation sites is 1. The van der Waals surface area contributed by atoms with Crippen molar-refractivity contribution in [1.82, 2.24) is 0 Å². The van der Waals surface area contributed by atoms with E-state index >= 15 is 0 Å². The Hall–Kier alpha value is -2.02. The van der Waals surface area contributed by atoms with Crippen molar-refractivity contribution in [2.24, 2.45) is 11.8 Å². The van der Waals surface area contributed by atoms with E-state index in [1.807, 2.05) is 0 Å². The molecule has 0 N–H and O–H groups in total. The molecule has 1 aliphatic heterocycles. The molecule has 1 nitrogen and oxygen atoms in total. The van der Waals surface area contributed by atoms with Crippen molar-refractivity contribution in [1.29, 1.82) is 0 Å². The Morgan fingerprint density at radius 1 is 0.684 bits per heavy atom. The largest absolute Gasteiger partial charge is 0.346 e. The van der Waals surface area contributed by atoms with Crippen LogP contribution in [-0.4, -0.2) is 0 Å². The highest BCUT2D eigenvalue weighted by Crippen LogP contribution is 2.51. The first-order valence-electron chi connectivity index (χ1n) is 6.74. The lowest BCUT2D eigenvalue weighted by Crippen LogP contribution is -2.26. The lowest BCUT2D eigenvalue weighted by atomic mass is 9.83. The average molecular weight is 245 g/mol. The fourth-order valence-corrected chi connectivity index (χ4v) is 3.17. The lowest BCUT2D eigenvalue weighted by molar-refractivity contribution is 0.614. The van der Waals surface area contributed by atoms with Crippen molar-refractivity contribution in [2.75, 3.05) is 4.90 Å². The first-order valence-corrected chi connectivity index (χ1v) is 6.74. The summed E-state index contributed by atoms with van der Waals surface area (Å²) in [5.41, 5.74) is 1.25. The molecule has 1 aromatic carbocycles. The fraction of sp³-hybridized carbons (Fsp3) is 0.111. The monoisotopic (exact) mass is 245 g/mol. The third-order valence-electron chi connectivity index (χ3n) is 3.99. The van der Waals surface area contributed by atoms with Crippen molar-refractivity contribution >= 4 is 5.69 Å². The van der Waals surface area contributed by atoms with Crippen molar-refractivity contribution in [3.63, 3.8) is 0 Å². The zero-order valence-corrected chi connectivity index (χ0v) is 10.6. The molecule has 2 atom stereocenters. The third-order valence-corrected chi connectivity index (χ3v) is 3.99. The summed E-state index contributed by atoms with van der Waals surface area (Å²) in [6.07, 6.45) is 17.7. The normalized spacial score (nSPS) is 28.7. The Morgan fingerprint density at radius 2 is 1.26 bits per heavy atom. The molecule has 0 aromatic heterocycles. The highest BCUT2D eigenvalue weighted by atomic mass is 15.2. The van der Waals surface area contributed by atoms with Crippen LogP contribution in [0.1, 0.15) is 0 Å². The standard InChI is InChI=1S/C18H15N/c1-2-8-14(9-3-1)19-17-12-6-4-10-15(17)16-11-5-7-13-18(16)19/h1-13,15-16H. The number of rotatable bonds is 1. The molecule has 2 radical (unpaired) electrons. The summed E-state index contributed by atoms with van der Waals surface area (Å²) in [7, 11) is 0. The molecular formula is C18H15N. The van der Waals surface area contributed by atoms with Crippen LogP contribution in [-0.2, 0) is 0 Å². The second kappa shape index (κ2) is 4.27. The Balaban J connectivity index is 1.81. The van der Waals surface area contributed by atoms with Crippen molar-refractivity contribution in [3.8, 4) is 0 Å². The molecule has 2 unspecified atom stereocenters. The minimum absolute atomic E-state index is 0.474. The van der Waals surface area contributed by atoms with Gasteiger partial charge in [0.1, 0.15) is 0 Å². The van der Waals surface area contributed by atoms with Gasteiger partial charge in [-0.15, -0.1) is 0 Å². The number of nitrogens with zero attached hydrogens (tertiary/aromatic N) is 1. The van der Waals surface area contributed by atoms with Crippen LogP contribution in [0.2, 0.25) is 0 Å². The van der Waals surface area contributed by atoms with Gasteiger partial charge in [0.2, 0.25) is 0 Å². The molecule has 1 saturated heterocycles. The maximum Gasteiger partial charge on any atom is 0.0941 e. The number of hydrogen-bond donors (Lipinski definition) is 0. The van der Waals surface area contributed by atoms with Gasteiger partial charge in [-0.1, -0.05) is 66.8 Å². The van der Waals surface area contributed by atoms with Gasteiger partial charge in [0.25, 0.3) is 0 Å². The third kappa shape index (κ3) is 1.61. The summed E-state index contributed by atoms with van der Waals surface area (Å²) in [6.45, 7) is 0. The van der Waals surface area contributed by atoms with E-state index in [1.165, 1.54) is 17.8 Å². The molecule has 3 aliphatic rings. The molecule has 1 heterocycles. The summed E-state index contributed by atoms with van der Waals surface area (Å²) in [6, 6.07) is 13.4. The van der Waals surface area contributed by atoms with E-state index in [0.717, 1.165) is 0 Å². The van der Waals surface area contributed by atoms with Crippen LogP contribution in [0.3, 0.4) is 0 Å². The van der Waals surface area contributed by atoms with Gasteiger partial charge >= 0.3 is 0 Å². The van der Waals surface area contributed by atoms with Crippen LogP contribution in [0, 0.1) is 23.9 Å². The van der Waals surface area contributed by atoms with Crippen LogP contribution in [0.25, 0.3) is 0 Å². The highest BCUT2D eigenvalue weighted by molar-refractivity contribution is 5.65. The van der Waals surface area contributed by atoms with Crippen molar-refractivity contribution < 1.29 is 0 Å². The quantitative estimate of drug-likeness (QED) is 0.721. The first kappa shape index (κ1) is 10.9. The summed E-state index contributed by atoms with van der Waals surface area (Å²) in [5, 5.41) is 0. The Labute approximate surface area is 114 Å². The van der Waals surface area contributed by atoms with Crippen molar-refractivity contribution in [2.45, 2.75) is 0 Å². The Morgan fingerprint density at radius 3 is 1.84 bits per heavy atom. The minimum Gasteiger partial charge on any atom is -0.346 e. The van der Waals surface area contributed by atoms with E-state index in [9.17, 15) is 0 Å². The smallest absolute Gasteiger partial charge is 0.0941 e. The second-order valence-electron chi connectivity index (χ2n) is 5.06. The maximum atomic E-state index is 2.40. The Bertz CT molecular complexity index is 545. The molecule has 0 bridgehead atoms. The second-order valence-corrected chi connectivity index (χ2v) is 5.06. The summed E-state index contributed by atoms with van der Waals surface area (Å²) in [4.78, 5) is 2.40. The number of anilines is 1. The summed E-state index contributed by atoms with van der Waals surface area (Å²) < 4.78 is 0. The van der Waals surface area contributed by atoms with Gasteiger partial charge in [-0.05, 0) is 12.1 Å². The van der Waals surface area contributed by atoms with E-state index in [2.05, 4.69) is 83.8 Å². The van der Waals surface area contributed by atoms with Crippen LogP contribution in [0.15, 0.2) is 78.9 Å². The summed E-state index contributed by atoms with van der Waals surface area (Å²) in [5.74, 6) is 0.947. The molecule has 19 heavy (non-hydrogen) atoms. The molecule has 0 amide bonds. The van der Waals surface area contributed by atoms with Gasteiger partial charge < -0.3 is 4.90 Å². The van der Waals surface area contributed by atoms with Gasteiger partial charge in [0, 0.05) is 17.5 Å². The van der Waals surface area contributed by atoms with Crippen LogP contribution in [0.4, 0.5) is 5.69 Å². The number of benzene rings is 1. The lowest BCUT2D eigenvalue weighted by Gasteiger charge is -2.30. The minimum atomic E-state index is 0.474.